The van der Waals surface area contributed by atoms with Crippen LogP contribution in [0.15, 0.2) is 48.4 Å². The number of anilines is 2. The summed E-state index contributed by atoms with van der Waals surface area (Å²) in [6, 6.07) is 7.77. The Morgan fingerprint density at radius 1 is 1.30 bits per heavy atom. The summed E-state index contributed by atoms with van der Waals surface area (Å²) in [5, 5.41) is 5.56. The maximum absolute atomic E-state index is 13.5. The van der Waals surface area contributed by atoms with Crippen molar-refractivity contribution < 1.29 is 23.5 Å². The van der Waals surface area contributed by atoms with Crippen LogP contribution in [0.2, 0.25) is 0 Å². The van der Waals surface area contributed by atoms with Crippen LogP contribution in [0.5, 0.6) is 0 Å². The number of esters is 1. The minimum Gasteiger partial charge on any atom is -0.482 e. The van der Waals surface area contributed by atoms with Gasteiger partial charge in [0.2, 0.25) is 0 Å². The summed E-state index contributed by atoms with van der Waals surface area (Å²) in [5.74, 6) is -0.187. The van der Waals surface area contributed by atoms with Gasteiger partial charge in [0, 0.05) is 22.9 Å². The molecule has 0 unspecified atom stereocenters. The number of halogens is 1. The number of pyridine rings is 1. The highest BCUT2D eigenvalue weighted by molar-refractivity contribution is 6.32. The number of hydrogen-bond acceptors (Lipinski definition) is 6. The second-order valence-electron chi connectivity index (χ2n) is 7.42. The molecule has 1 amide bonds. The molecule has 0 spiro atoms. The Labute approximate surface area is 172 Å². The average molecular weight is 409 g/mol. The van der Waals surface area contributed by atoms with Crippen LogP contribution in [0.25, 0.3) is 11.1 Å². The first-order valence-corrected chi connectivity index (χ1v) is 9.32. The molecule has 2 aliphatic heterocycles. The van der Waals surface area contributed by atoms with Crippen molar-refractivity contribution in [2.45, 2.75) is 19.4 Å². The molecule has 2 N–H and O–H groups in total. The molecular formula is C22H20FN3O4. The van der Waals surface area contributed by atoms with Gasteiger partial charge >= 0.3 is 5.97 Å². The third-order valence-corrected chi connectivity index (χ3v) is 4.98. The van der Waals surface area contributed by atoms with E-state index in [1.54, 1.807) is 18.3 Å². The Hall–Kier alpha value is -3.68. The maximum Gasteiger partial charge on any atom is 0.325 e. The lowest BCUT2D eigenvalue weighted by Crippen LogP contribution is -2.21. The molecule has 8 heteroatoms. The van der Waals surface area contributed by atoms with Crippen LogP contribution in [-0.4, -0.2) is 36.1 Å². The van der Waals surface area contributed by atoms with Crippen LogP contribution >= 0.6 is 0 Å². The highest BCUT2D eigenvalue weighted by Crippen LogP contribution is 2.44. The molecule has 0 aliphatic carbocycles. The molecule has 154 valence electrons. The molecule has 1 aromatic heterocycles. The fourth-order valence-electron chi connectivity index (χ4n) is 3.50. The summed E-state index contributed by atoms with van der Waals surface area (Å²) in [6.45, 7) is 3.81. The molecular weight excluding hydrogens is 389 g/mol. The third kappa shape index (κ3) is 3.52. The molecule has 0 atom stereocenters. The van der Waals surface area contributed by atoms with E-state index in [-0.39, 0.29) is 18.4 Å². The molecule has 7 nitrogen and oxygen atoms in total. The van der Waals surface area contributed by atoms with E-state index in [1.165, 1.54) is 19.2 Å². The molecule has 4 rings (SSSR count). The normalized spacial score (nSPS) is 18.9. The number of aromatic nitrogens is 1. The van der Waals surface area contributed by atoms with Crippen LogP contribution in [-0.2, 0) is 19.1 Å². The minimum absolute atomic E-state index is 0.0194. The number of carbonyl (C=O) groups is 2. The number of carbonyl (C=O) groups excluding carboxylic acids is 2. The van der Waals surface area contributed by atoms with Crippen molar-refractivity contribution in [3.05, 3.63) is 65.3 Å². The molecule has 0 bridgehead atoms. The number of nitrogens with one attached hydrogen (secondary N) is 2. The standard InChI is InChI=1S/C22H20FN3O4/c1-22(2)15(12-4-7-18(24-10-12)25-11-19(27)29-3)9-17(30-22)20-14-6-5-13(23)8-16(14)26-21(20)28/h4-10H,11H2,1-3H3,(H,24,25)(H,26,28)/b20-17+. The van der Waals surface area contributed by atoms with E-state index in [4.69, 9.17) is 4.74 Å². The molecule has 0 saturated carbocycles. The van der Waals surface area contributed by atoms with Gasteiger partial charge in [-0.15, -0.1) is 0 Å². The van der Waals surface area contributed by atoms with Crippen molar-refractivity contribution >= 4 is 34.5 Å². The van der Waals surface area contributed by atoms with Crippen molar-refractivity contribution in [1.29, 1.82) is 0 Å². The first-order chi connectivity index (χ1) is 14.3. The lowest BCUT2D eigenvalue weighted by atomic mass is 9.93. The average Bonchev–Trinajstić information content (AvgIpc) is 3.20. The SMILES string of the molecule is COC(=O)CNc1ccc(C2=C/C(=C3\C(=O)Nc4cc(F)ccc43)OC2(C)C)cn1. The summed E-state index contributed by atoms with van der Waals surface area (Å²) < 4.78 is 24.2. The van der Waals surface area contributed by atoms with E-state index in [2.05, 4.69) is 20.4 Å². The molecule has 0 fully saturated rings. The molecule has 2 aliphatic rings. The van der Waals surface area contributed by atoms with Crippen LogP contribution in [0, 0.1) is 5.82 Å². The molecule has 2 aromatic rings. The summed E-state index contributed by atoms with van der Waals surface area (Å²) in [7, 11) is 1.32. The number of allylic oxidation sites excluding steroid dienone is 1. The topological polar surface area (TPSA) is 89.5 Å². The predicted molar refractivity (Wildman–Crippen MR) is 110 cm³/mol. The van der Waals surface area contributed by atoms with Gasteiger partial charge in [0.25, 0.3) is 5.91 Å². The zero-order chi connectivity index (χ0) is 21.5. The zero-order valence-electron chi connectivity index (χ0n) is 16.7. The number of ether oxygens (including phenoxy) is 2. The Bertz CT molecular complexity index is 1100. The van der Waals surface area contributed by atoms with Gasteiger partial charge in [-0.2, -0.15) is 0 Å². The van der Waals surface area contributed by atoms with Gasteiger partial charge < -0.3 is 20.1 Å². The van der Waals surface area contributed by atoms with Crippen molar-refractivity contribution in [3.63, 3.8) is 0 Å². The lowest BCUT2D eigenvalue weighted by Gasteiger charge is -2.23. The largest absolute Gasteiger partial charge is 0.482 e. The quantitative estimate of drug-likeness (QED) is 0.595. The van der Waals surface area contributed by atoms with E-state index in [1.807, 2.05) is 26.0 Å². The van der Waals surface area contributed by atoms with Gasteiger partial charge in [-0.05, 0) is 50.3 Å². The second kappa shape index (κ2) is 7.29. The smallest absolute Gasteiger partial charge is 0.325 e. The van der Waals surface area contributed by atoms with Crippen molar-refractivity contribution in [1.82, 2.24) is 4.98 Å². The summed E-state index contributed by atoms with van der Waals surface area (Å²) in [6.07, 6.45) is 3.48. The van der Waals surface area contributed by atoms with E-state index < -0.39 is 11.4 Å². The van der Waals surface area contributed by atoms with E-state index >= 15 is 0 Å². The van der Waals surface area contributed by atoms with Crippen LogP contribution in [0.3, 0.4) is 0 Å². The maximum atomic E-state index is 13.5. The number of nitrogens with zero attached hydrogens (tertiary/aromatic N) is 1. The Kier molecular flexibility index (Phi) is 4.77. The molecule has 3 heterocycles. The molecule has 0 radical (unpaired) electrons. The Morgan fingerprint density at radius 2 is 2.10 bits per heavy atom. The first-order valence-electron chi connectivity index (χ1n) is 9.32. The van der Waals surface area contributed by atoms with Crippen LogP contribution in [0.1, 0.15) is 25.0 Å². The number of amides is 1. The van der Waals surface area contributed by atoms with Gasteiger partial charge in [-0.25, -0.2) is 9.37 Å². The van der Waals surface area contributed by atoms with Crippen molar-refractivity contribution in [2.24, 2.45) is 0 Å². The van der Waals surface area contributed by atoms with Crippen LogP contribution in [0.4, 0.5) is 15.9 Å². The fourth-order valence-corrected chi connectivity index (χ4v) is 3.50. The second-order valence-corrected chi connectivity index (χ2v) is 7.42. The Morgan fingerprint density at radius 3 is 2.80 bits per heavy atom. The van der Waals surface area contributed by atoms with Gasteiger partial charge in [0.05, 0.1) is 18.4 Å². The summed E-state index contributed by atoms with van der Waals surface area (Å²) in [5.41, 5.74) is 2.36. The number of hydrogen-bond donors (Lipinski definition) is 2. The van der Waals surface area contributed by atoms with Crippen LogP contribution < -0.4 is 10.6 Å². The molecule has 0 saturated heterocycles. The monoisotopic (exact) mass is 409 g/mol. The molecule has 30 heavy (non-hydrogen) atoms. The minimum atomic E-state index is -0.700. The van der Waals surface area contributed by atoms with Gasteiger partial charge in [-0.3, -0.25) is 9.59 Å². The summed E-state index contributed by atoms with van der Waals surface area (Å²) >= 11 is 0. The first kappa shape index (κ1) is 19.6. The predicted octanol–water partition coefficient (Wildman–Crippen LogP) is 3.36. The summed E-state index contributed by atoms with van der Waals surface area (Å²) in [4.78, 5) is 28.1. The molecule has 1 aromatic carbocycles. The lowest BCUT2D eigenvalue weighted by molar-refractivity contribution is -0.138. The van der Waals surface area contributed by atoms with E-state index in [9.17, 15) is 14.0 Å². The van der Waals surface area contributed by atoms with Gasteiger partial charge in [0.15, 0.2) is 0 Å². The number of benzene rings is 1. The van der Waals surface area contributed by atoms with Crippen molar-refractivity contribution in [2.75, 3.05) is 24.3 Å². The van der Waals surface area contributed by atoms with Crippen molar-refractivity contribution in [3.8, 4) is 0 Å². The van der Waals surface area contributed by atoms with E-state index in [0.717, 1.165) is 11.1 Å². The van der Waals surface area contributed by atoms with Gasteiger partial charge in [0.1, 0.15) is 29.5 Å². The highest BCUT2D eigenvalue weighted by Gasteiger charge is 2.38. The fraction of sp³-hybridized carbons (Fsp3) is 0.227. The number of fused-ring (bicyclic) bond motifs is 1. The number of methoxy groups -OCH3 is 1. The highest BCUT2D eigenvalue weighted by atomic mass is 19.1. The van der Waals surface area contributed by atoms with E-state index in [0.29, 0.717) is 28.4 Å². The third-order valence-electron chi connectivity index (χ3n) is 4.98. The zero-order valence-corrected chi connectivity index (χ0v) is 16.7. The Balaban J connectivity index is 1.67. The van der Waals surface area contributed by atoms with Gasteiger partial charge in [-0.1, -0.05) is 0 Å². The number of rotatable bonds is 4.